The van der Waals surface area contributed by atoms with Gasteiger partial charge in [-0.3, -0.25) is 4.79 Å². The van der Waals surface area contributed by atoms with E-state index in [-0.39, 0.29) is 6.42 Å². The highest BCUT2D eigenvalue weighted by atomic mass is 16.4. The normalized spacial score (nSPS) is 10.3. The van der Waals surface area contributed by atoms with Crippen LogP contribution in [0.5, 0.6) is 0 Å². The van der Waals surface area contributed by atoms with Gasteiger partial charge < -0.3 is 10.4 Å². The third-order valence-electron chi connectivity index (χ3n) is 2.59. The lowest BCUT2D eigenvalue weighted by atomic mass is 10.1. The van der Waals surface area contributed by atoms with Crippen molar-refractivity contribution in [3.05, 3.63) is 17.6 Å². The first kappa shape index (κ1) is 14.4. The lowest BCUT2D eigenvalue weighted by Crippen LogP contribution is -2.05. The third kappa shape index (κ3) is 6.18. The van der Waals surface area contributed by atoms with Gasteiger partial charge in [-0.25, -0.2) is 9.97 Å². The molecule has 1 heterocycles. The van der Waals surface area contributed by atoms with Crippen LogP contribution in [0.3, 0.4) is 0 Å². The Morgan fingerprint density at radius 1 is 1.22 bits per heavy atom. The molecule has 1 aromatic heterocycles. The second-order valence-corrected chi connectivity index (χ2v) is 4.43. The highest BCUT2D eigenvalue weighted by Crippen LogP contribution is 2.07. The van der Waals surface area contributed by atoms with Crippen molar-refractivity contribution in [3.63, 3.8) is 0 Å². The maximum atomic E-state index is 10.3. The summed E-state index contributed by atoms with van der Waals surface area (Å²) in [6.45, 7) is 4.69. The zero-order chi connectivity index (χ0) is 13.4. The Labute approximate surface area is 108 Å². The first-order chi connectivity index (χ1) is 8.58. The number of unbranched alkanes of at least 4 members (excludes halogenated alkanes) is 3. The highest BCUT2D eigenvalue weighted by Gasteiger charge is 1.99. The molecule has 0 aliphatic carbocycles. The van der Waals surface area contributed by atoms with Crippen LogP contribution in [0, 0.1) is 13.8 Å². The maximum absolute atomic E-state index is 10.3. The summed E-state index contributed by atoms with van der Waals surface area (Å²) in [6, 6.07) is 1.93. The summed E-state index contributed by atoms with van der Waals surface area (Å²) < 4.78 is 0. The Morgan fingerprint density at radius 2 is 1.94 bits per heavy atom. The molecule has 1 rings (SSSR count). The summed E-state index contributed by atoms with van der Waals surface area (Å²) in [4.78, 5) is 18.8. The number of anilines is 1. The number of carboxylic acid groups (broad SMARTS) is 1. The van der Waals surface area contributed by atoms with Crippen LogP contribution in [0.4, 0.5) is 5.82 Å². The Kier molecular flexibility index (Phi) is 6.11. The van der Waals surface area contributed by atoms with Gasteiger partial charge in [0.05, 0.1) is 0 Å². The smallest absolute Gasteiger partial charge is 0.303 e. The van der Waals surface area contributed by atoms with Crippen LogP contribution < -0.4 is 5.32 Å². The van der Waals surface area contributed by atoms with Crippen molar-refractivity contribution in [3.8, 4) is 0 Å². The third-order valence-corrected chi connectivity index (χ3v) is 2.59. The molecule has 0 saturated carbocycles. The molecule has 0 aromatic carbocycles. The topological polar surface area (TPSA) is 75.1 Å². The van der Waals surface area contributed by atoms with E-state index in [2.05, 4.69) is 15.3 Å². The zero-order valence-corrected chi connectivity index (χ0v) is 11.1. The molecule has 0 atom stereocenters. The average molecular weight is 251 g/mol. The molecular weight excluding hydrogens is 230 g/mol. The van der Waals surface area contributed by atoms with Crippen molar-refractivity contribution in [2.75, 3.05) is 11.9 Å². The first-order valence-electron chi connectivity index (χ1n) is 6.36. The van der Waals surface area contributed by atoms with Crippen molar-refractivity contribution in [2.45, 2.75) is 46.0 Å². The predicted molar refractivity (Wildman–Crippen MR) is 70.7 cm³/mol. The second kappa shape index (κ2) is 7.63. The van der Waals surface area contributed by atoms with Crippen molar-refractivity contribution < 1.29 is 9.90 Å². The highest BCUT2D eigenvalue weighted by molar-refractivity contribution is 5.66. The largest absolute Gasteiger partial charge is 0.481 e. The Balaban J connectivity index is 2.12. The number of aryl methyl sites for hydroxylation is 2. The fourth-order valence-corrected chi connectivity index (χ4v) is 1.78. The SMILES string of the molecule is Cc1cc(NCCCCCCC(=O)O)nc(C)n1. The van der Waals surface area contributed by atoms with Crippen molar-refractivity contribution in [2.24, 2.45) is 0 Å². The van der Waals surface area contributed by atoms with Gasteiger partial charge >= 0.3 is 5.97 Å². The van der Waals surface area contributed by atoms with Gasteiger partial charge in [0.15, 0.2) is 0 Å². The number of hydrogen-bond acceptors (Lipinski definition) is 4. The zero-order valence-electron chi connectivity index (χ0n) is 11.1. The minimum absolute atomic E-state index is 0.276. The van der Waals surface area contributed by atoms with Gasteiger partial charge in [-0.2, -0.15) is 0 Å². The van der Waals surface area contributed by atoms with Gasteiger partial charge in [-0.15, -0.1) is 0 Å². The molecule has 100 valence electrons. The van der Waals surface area contributed by atoms with Crippen LogP contribution >= 0.6 is 0 Å². The van der Waals surface area contributed by atoms with E-state index in [1.54, 1.807) is 0 Å². The number of nitrogens with zero attached hydrogens (tertiary/aromatic N) is 2. The fourth-order valence-electron chi connectivity index (χ4n) is 1.78. The summed E-state index contributed by atoms with van der Waals surface area (Å²) in [5, 5.41) is 11.7. The monoisotopic (exact) mass is 251 g/mol. The number of nitrogens with one attached hydrogen (secondary N) is 1. The molecule has 5 nitrogen and oxygen atoms in total. The summed E-state index contributed by atoms with van der Waals surface area (Å²) in [7, 11) is 0. The lowest BCUT2D eigenvalue weighted by Gasteiger charge is -2.06. The van der Waals surface area contributed by atoms with E-state index < -0.39 is 5.97 Å². The quantitative estimate of drug-likeness (QED) is 0.694. The van der Waals surface area contributed by atoms with Crippen LogP contribution in [0.1, 0.15) is 43.6 Å². The molecule has 0 aliphatic heterocycles. The second-order valence-electron chi connectivity index (χ2n) is 4.43. The van der Waals surface area contributed by atoms with E-state index in [0.717, 1.165) is 49.6 Å². The minimum atomic E-state index is -0.708. The number of aliphatic carboxylic acids is 1. The van der Waals surface area contributed by atoms with E-state index in [1.807, 2.05) is 19.9 Å². The minimum Gasteiger partial charge on any atom is -0.481 e. The van der Waals surface area contributed by atoms with Gasteiger partial charge in [-0.1, -0.05) is 12.8 Å². The molecule has 0 bridgehead atoms. The number of carbonyl (C=O) groups is 1. The number of rotatable bonds is 8. The van der Waals surface area contributed by atoms with Gasteiger partial charge in [0.1, 0.15) is 11.6 Å². The Morgan fingerprint density at radius 3 is 2.61 bits per heavy atom. The standard InChI is InChI=1S/C13H21N3O2/c1-10-9-12(16-11(2)15-10)14-8-6-4-3-5-7-13(17)18/h9H,3-8H2,1-2H3,(H,17,18)(H,14,15,16). The summed E-state index contributed by atoms with van der Waals surface area (Å²) >= 11 is 0. The van der Waals surface area contributed by atoms with Gasteiger partial charge in [0.25, 0.3) is 0 Å². The molecule has 0 unspecified atom stereocenters. The van der Waals surface area contributed by atoms with Crippen LogP contribution in [0.15, 0.2) is 6.07 Å². The van der Waals surface area contributed by atoms with E-state index in [4.69, 9.17) is 5.11 Å². The molecule has 1 aromatic rings. The number of hydrogen-bond donors (Lipinski definition) is 2. The number of aromatic nitrogens is 2. The predicted octanol–water partition coefficient (Wildman–Crippen LogP) is 2.54. The summed E-state index contributed by atoms with van der Waals surface area (Å²) in [5.41, 5.74) is 0.964. The van der Waals surface area contributed by atoms with Crippen molar-refractivity contribution in [1.29, 1.82) is 0 Å². The van der Waals surface area contributed by atoms with Gasteiger partial charge in [0, 0.05) is 24.7 Å². The first-order valence-corrected chi connectivity index (χ1v) is 6.36. The molecular formula is C13H21N3O2. The molecule has 0 amide bonds. The van der Waals surface area contributed by atoms with E-state index in [1.165, 1.54) is 0 Å². The fraction of sp³-hybridized carbons (Fsp3) is 0.615. The molecule has 0 saturated heterocycles. The summed E-state index contributed by atoms with van der Waals surface area (Å²) in [6.07, 6.45) is 4.08. The molecule has 0 aliphatic rings. The van der Waals surface area contributed by atoms with Crippen LogP contribution in [0.2, 0.25) is 0 Å². The van der Waals surface area contributed by atoms with E-state index >= 15 is 0 Å². The van der Waals surface area contributed by atoms with Gasteiger partial charge in [-0.05, 0) is 26.7 Å². The number of carboxylic acids is 1. The summed E-state index contributed by atoms with van der Waals surface area (Å²) in [5.74, 6) is 0.935. The van der Waals surface area contributed by atoms with Crippen LogP contribution in [0.25, 0.3) is 0 Å². The van der Waals surface area contributed by atoms with Crippen LogP contribution in [-0.2, 0) is 4.79 Å². The molecule has 18 heavy (non-hydrogen) atoms. The molecule has 0 fully saturated rings. The molecule has 5 heteroatoms. The Bertz CT molecular complexity index is 374. The molecule has 0 spiro atoms. The Hall–Kier alpha value is -1.65. The maximum Gasteiger partial charge on any atom is 0.303 e. The van der Waals surface area contributed by atoms with E-state index in [0.29, 0.717) is 0 Å². The van der Waals surface area contributed by atoms with Crippen molar-refractivity contribution in [1.82, 2.24) is 9.97 Å². The molecule has 2 N–H and O–H groups in total. The van der Waals surface area contributed by atoms with Gasteiger partial charge in [0.2, 0.25) is 0 Å². The van der Waals surface area contributed by atoms with E-state index in [9.17, 15) is 4.79 Å². The molecule has 0 radical (unpaired) electrons. The lowest BCUT2D eigenvalue weighted by molar-refractivity contribution is -0.137. The van der Waals surface area contributed by atoms with Crippen molar-refractivity contribution >= 4 is 11.8 Å². The van der Waals surface area contributed by atoms with Crippen LogP contribution in [-0.4, -0.2) is 27.6 Å². The average Bonchev–Trinajstić information content (AvgIpc) is 2.26.